The highest BCUT2D eigenvalue weighted by molar-refractivity contribution is 6.38. The lowest BCUT2D eigenvalue weighted by atomic mass is 10.1. The van der Waals surface area contributed by atoms with E-state index in [0.717, 1.165) is 0 Å². The zero-order valence-electron chi connectivity index (χ0n) is 10.8. The summed E-state index contributed by atoms with van der Waals surface area (Å²) >= 11 is 11.9. The Labute approximate surface area is 130 Å². The largest absolute Gasteiger partial charge is 0.504 e. The van der Waals surface area contributed by atoms with Gasteiger partial charge in [0.05, 0.1) is 21.4 Å². The van der Waals surface area contributed by atoms with Crippen molar-refractivity contribution < 1.29 is 15.3 Å². The van der Waals surface area contributed by atoms with Gasteiger partial charge in [0.15, 0.2) is 11.5 Å². The SMILES string of the molecule is CC(=NNc1c(Cl)cncc1Cl)c1ccc(O)c(O)c1O. The lowest BCUT2D eigenvalue weighted by molar-refractivity contribution is 0.367. The van der Waals surface area contributed by atoms with Crippen LogP contribution in [0.25, 0.3) is 0 Å². The molecule has 0 aliphatic carbocycles. The van der Waals surface area contributed by atoms with Gasteiger partial charge in [-0.2, -0.15) is 5.10 Å². The first-order chi connectivity index (χ1) is 9.91. The summed E-state index contributed by atoms with van der Waals surface area (Å²) in [7, 11) is 0. The summed E-state index contributed by atoms with van der Waals surface area (Å²) < 4.78 is 0. The molecule has 0 aliphatic rings. The minimum atomic E-state index is -0.609. The van der Waals surface area contributed by atoms with Crippen molar-refractivity contribution in [2.45, 2.75) is 6.92 Å². The number of halogens is 2. The van der Waals surface area contributed by atoms with E-state index in [2.05, 4.69) is 15.5 Å². The van der Waals surface area contributed by atoms with E-state index in [-0.39, 0.29) is 15.6 Å². The van der Waals surface area contributed by atoms with E-state index >= 15 is 0 Å². The Morgan fingerprint density at radius 1 is 1.10 bits per heavy atom. The summed E-state index contributed by atoms with van der Waals surface area (Å²) in [5.41, 5.74) is 3.64. The number of phenols is 3. The molecule has 0 aliphatic heterocycles. The first-order valence-electron chi connectivity index (χ1n) is 5.75. The van der Waals surface area contributed by atoms with Crippen molar-refractivity contribution in [2.75, 3.05) is 5.43 Å². The Balaban J connectivity index is 2.32. The summed E-state index contributed by atoms with van der Waals surface area (Å²) in [5, 5.41) is 33.2. The average Bonchev–Trinajstić information content (AvgIpc) is 2.44. The van der Waals surface area contributed by atoms with Gasteiger partial charge in [0.2, 0.25) is 5.75 Å². The van der Waals surface area contributed by atoms with E-state index < -0.39 is 17.2 Å². The predicted molar refractivity (Wildman–Crippen MR) is 81.5 cm³/mol. The molecule has 0 bridgehead atoms. The Morgan fingerprint density at radius 2 is 1.71 bits per heavy atom. The van der Waals surface area contributed by atoms with Gasteiger partial charge < -0.3 is 15.3 Å². The number of phenolic OH excluding ortho intramolecular Hbond substituents is 3. The highest BCUT2D eigenvalue weighted by Gasteiger charge is 2.13. The molecule has 4 N–H and O–H groups in total. The lowest BCUT2D eigenvalue weighted by Gasteiger charge is -2.09. The van der Waals surface area contributed by atoms with Gasteiger partial charge in [-0.1, -0.05) is 23.2 Å². The minimum absolute atomic E-state index is 0.249. The monoisotopic (exact) mass is 327 g/mol. The summed E-state index contributed by atoms with van der Waals surface area (Å²) in [6, 6.07) is 2.66. The van der Waals surface area contributed by atoms with Crippen LogP contribution in [0.4, 0.5) is 5.69 Å². The lowest BCUT2D eigenvalue weighted by Crippen LogP contribution is -2.01. The molecule has 110 valence electrons. The topological polar surface area (TPSA) is 98.0 Å². The number of pyridine rings is 1. The first kappa shape index (κ1) is 15.2. The molecule has 2 rings (SSSR count). The zero-order valence-corrected chi connectivity index (χ0v) is 12.3. The van der Waals surface area contributed by atoms with Crippen molar-refractivity contribution >= 4 is 34.6 Å². The number of hydrogen-bond acceptors (Lipinski definition) is 6. The number of nitrogens with one attached hydrogen (secondary N) is 1. The summed E-state index contributed by atoms with van der Waals surface area (Å²) in [6.07, 6.45) is 2.81. The van der Waals surface area contributed by atoms with Gasteiger partial charge in [0.1, 0.15) is 0 Å². The third-order valence-electron chi connectivity index (χ3n) is 2.71. The molecule has 0 saturated carbocycles. The molecule has 0 spiro atoms. The summed E-state index contributed by atoms with van der Waals surface area (Å²) in [6.45, 7) is 1.60. The van der Waals surface area contributed by atoms with Crippen molar-refractivity contribution in [1.82, 2.24) is 4.98 Å². The van der Waals surface area contributed by atoms with Gasteiger partial charge >= 0.3 is 0 Å². The maximum atomic E-state index is 9.77. The van der Waals surface area contributed by atoms with Crippen LogP contribution in [-0.2, 0) is 0 Å². The summed E-state index contributed by atoms with van der Waals surface area (Å²) in [5.74, 6) is -1.50. The quantitative estimate of drug-likeness (QED) is 0.393. The van der Waals surface area contributed by atoms with Crippen LogP contribution in [0.1, 0.15) is 12.5 Å². The normalized spacial score (nSPS) is 11.5. The molecular weight excluding hydrogens is 317 g/mol. The highest BCUT2D eigenvalue weighted by atomic mass is 35.5. The number of rotatable bonds is 3. The minimum Gasteiger partial charge on any atom is -0.504 e. The van der Waals surface area contributed by atoms with Crippen molar-refractivity contribution in [3.8, 4) is 17.2 Å². The van der Waals surface area contributed by atoms with Gasteiger partial charge in [-0.15, -0.1) is 0 Å². The third kappa shape index (κ3) is 3.12. The second-order valence-electron chi connectivity index (χ2n) is 4.12. The molecule has 0 saturated heterocycles. The number of aromatic nitrogens is 1. The maximum absolute atomic E-state index is 9.77. The molecule has 8 heteroatoms. The molecule has 0 fully saturated rings. The van der Waals surface area contributed by atoms with Gasteiger partial charge in [-0.25, -0.2) is 0 Å². The molecule has 0 atom stereocenters. The number of aromatic hydroxyl groups is 3. The van der Waals surface area contributed by atoms with Crippen molar-refractivity contribution in [2.24, 2.45) is 5.10 Å². The van der Waals surface area contributed by atoms with E-state index in [1.807, 2.05) is 0 Å². The van der Waals surface area contributed by atoms with E-state index in [1.165, 1.54) is 24.5 Å². The van der Waals surface area contributed by atoms with Crippen LogP contribution in [-0.4, -0.2) is 26.0 Å². The van der Waals surface area contributed by atoms with Crippen LogP contribution in [0.3, 0.4) is 0 Å². The maximum Gasteiger partial charge on any atom is 0.200 e. The van der Waals surface area contributed by atoms with Crippen molar-refractivity contribution in [1.29, 1.82) is 0 Å². The number of nitrogens with zero attached hydrogens (tertiary/aromatic N) is 2. The van der Waals surface area contributed by atoms with E-state index in [4.69, 9.17) is 23.2 Å². The van der Waals surface area contributed by atoms with Crippen molar-refractivity contribution in [3.63, 3.8) is 0 Å². The van der Waals surface area contributed by atoms with Crippen LogP contribution >= 0.6 is 23.2 Å². The number of anilines is 1. The van der Waals surface area contributed by atoms with Gasteiger partial charge in [-0.05, 0) is 19.1 Å². The van der Waals surface area contributed by atoms with Gasteiger partial charge in [-0.3, -0.25) is 10.4 Å². The molecule has 21 heavy (non-hydrogen) atoms. The Morgan fingerprint density at radius 3 is 2.33 bits per heavy atom. The molecule has 6 nitrogen and oxygen atoms in total. The number of hydrazone groups is 1. The molecule has 0 radical (unpaired) electrons. The molecule has 1 aromatic carbocycles. The first-order valence-corrected chi connectivity index (χ1v) is 6.51. The Hall–Kier alpha value is -2.18. The van der Waals surface area contributed by atoms with Crippen LogP contribution in [0.2, 0.25) is 10.0 Å². The standard InChI is InChI=1S/C13H11Cl2N3O3/c1-6(7-2-3-10(19)13(21)12(7)20)17-18-11-8(14)4-16-5-9(11)15/h2-5,19-21H,1H3,(H,16,18). The molecule has 2 aromatic rings. The average molecular weight is 328 g/mol. The van der Waals surface area contributed by atoms with Crippen LogP contribution in [0, 0.1) is 0 Å². The van der Waals surface area contributed by atoms with E-state index in [1.54, 1.807) is 6.92 Å². The number of benzene rings is 1. The molecule has 1 aromatic heterocycles. The van der Waals surface area contributed by atoms with Crippen molar-refractivity contribution in [3.05, 3.63) is 40.1 Å². The fourth-order valence-electron chi connectivity index (χ4n) is 1.58. The third-order valence-corrected chi connectivity index (χ3v) is 3.28. The molecular formula is C13H11Cl2N3O3. The molecule has 1 heterocycles. The second kappa shape index (κ2) is 6.07. The second-order valence-corrected chi connectivity index (χ2v) is 4.93. The predicted octanol–water partition coefficient (Wildman–Crippen LogP) is 3.34. The molecule has 0 amide bonds. The fourth-order valence-corrected chi connectivity index (χ4v) is 2.03. The smallest absolute Gasteiger partial charge is 0.200 e. The van der Waals surface area contributed by atoms with E-state index in [0.29, 0.717) is 11.4 Å². The van der Waals surface area contributed by atoms with Crippen LogP contribution in [0.15, 0.2) is 29.6 Å². The Bertz CT molecular complexity index is 700. The Kier molecular flexibility index (Phi) is 4.40. The summed E-state index contributed by atoms with van der Waals surface area (Å²) in [4.78, 5) is 3.81. The van der Waals surface area contributed by atoms with Crippen LogP contribution in [0.5, 0.6) is 17.2 Å². The number of hydrogen-bond donors (Lipinski definition) is 4. The van der Waals surface area contributed by atoms with Gasteiger partial charge in [0, 0.05) is 18.0 Å². The highest BCUT2D eigenvalue weighted by Crippen LogP contribution is 2.37. The fraction of sp³-hybridized carbons (Fsp3) is 0.0769. The van der Waals surface area contributed by atoms with E-state index in [9.17, 15) is 15.3 Å². The van der Waals surface area contributed by atoms with Crippen LogP contribution < -0.4 is 5.43 Å². The zero-order chi connectivity index (χ0) is 15.6. The molecule has 0 unspecified atom stereocenters. The van der Waals surface area contributed by atoms with Gasteiger partial charge in [0.25, 0.3) is 0 Å².